The second-order valence-corrected chi connectivity index (χ2v) is 8.63. The molecule has 5 heteroatoms. The number of aromatic nitrogens is 3. The van der Waals surface area contributed by atoms with Gasteiger partial charge in [-0.2, -0.15) is 0 Å². The second-order valence-electron chi connectivity index (χ2n) is 8.63. The molecule has 0 aliphatic carbocycles. The van der Waals surface area contributed by atoms with Gasteiger partial charge < -0.3 is 10.5 Å². The fraction of sp³-hybridized carbons (Fsp3) is 0.241. The van der Waals surface area contributed by atoms with Crippen molar-refractivity contribution in [2.75, 3.05) is 5.73 Å². The average molecular weight is 453 g/mol. The molecule has 0 spiro atoms. The number of nitrogens with two attached hydrogens (primary N) is 1. The van der Waals surface area contributed by atoms with Crippen LogP contribution < -0.4 is 10.5 Å². The fourth-order valence-electron chi connectivity index (χ4n) is 3.81. The van der Waals surface area contributed by atoms with E-state index in [1.54, 1.807) is 6.20 Å². The number of hydrogen-bond donors (Lipinski definition) is 1. The number of benzene rings is 2. The third kappa shape index (κ3) is 5.93. The quantitative estimate of drug-likeness (QED) is 0.216. The van der Waals surface area contributed by atoms with Gasteiger partial charge in [0.15, 0.2) is 0 Å². The maximum Gasteiger partial charge on any atom is 0.150 e. The molecule has 2 heterocycles. The molecule has 0 saturated carbocycles. The van der Waals surface area contributed by atoms with Gasteiger partial charge in [0.05, 0.1) is 0 Å². The molecule has 0 unspecified atom stereocenters. The van der Waals surface area contributed by atoms with Gasteiger partial charge in [0.2, 0.25) is 0 Å². The van der Waals surface area contributed by atoms with E-state index >= 15 is 0 Å². The van der Waals surface area contributed by atoms with Crippen LogP contribution >= 0.6 is 0 Å². The Balaban J connectivity index is 1.54. The number of allylic oxidation sites excluding steroid dienone is 4. The summed E-state index contributed by atoms with van der Waals surface area (Å²) in [5.74, 6) is 2.79. The van der Waals surface area contributed by atoms with Crippen molar-refractivity contribution in [3.05, 3.63) is 103 Å². The van der Waals surface area contributed by atoms with Gasteiger partial charge in [0, 0.05) is 24.4 Å². The van der Waals surface area contributed by atoms with E-state index in [0.717, 1.165) is 53.2 Å². The molecule has 0 amide bonds. The molecule has 0 atom stereocenters. The van der Waals surface area contributed by atoms with E-state index in [0.29, 0.717) is 18.3 Å². The Morgan fingerprint density at radius 3 is 2.65 bits per heavy atom. The minimum Gasteiger partial charge on any atom is -0.489 e. The molecule has 4 rings (SSSR count). The molecule has 2 aromatic carbocycles. The zero-order valence-electron chi connectivity index (χ0n) is 19.9. The van der Waals surface area contributed by atoms with Gasteiger partial charge in [-0.05, 0) is 36.5 Å². The molecular formula is C29H32N4O. The molecule has 34 heavy (non-hydrogen) atoms. The van der Waals surface area contributed by atoms with Crippen molar-refractivity contribution in [2.24, 2.45) is 5.92 Å². The van der Waals surface area contributed by atoms with Crippen LogP contribution in [0.2, 0.25) is 0 Å². The molecule has 2 aromatic heterocycles. The van der Waals surface area contributed by atoms with Crippen molar-refractivity contribution in [3.8, 4) is 17.0 Å². The summed E-state index contributed by atoms with van der Waals surface area (Å²) in [6.45, 7) is 4.90. The minimum absolute atomic E-state index is 0.467. The number of nitrogen functional groups attached to an aromatic ring is 1. The number of nitrogens with zero attached hydrogens (tertiary/aromatic N) is 3. The van der Waals surface area contributed by atoms with Crippen molar-refractivity contribution in [2.45, 2.75) is 39.7 Å². The van der Waals surface area contributed by atoms with E-state index in [2.05, 4.69) is 55.3 Å². The normalized spacial score (nSPS) is 11.9. The summed E-state index contributed by atoms with van der Waals surface area (Å²) < 4.78 is 8.07. The number of imidazole rings is 1. The lowest BCUT2D eigenvalue weighted by Gasteiger charge is -2.08. The van der Waals surface area contributed by atoms with E-state index in [4.69, 9.17) is 15.5 Å². The van der Waals surface area contributed by atoms with E-state index in [9.17, 15) is 0 Å². The van der Waals surface area contributed by atoms with Gasteiger partial charge in [-0.1, -0.05) is 80.6 Å². The number of hydrogen-bond acceptors (Lipinski definition) is 4. The fourth-order valence-corrected chi connectivity index (χ4v) is 3.81. The molecule has 0 aliphatic rings. The van der Waals surface area contributed by atoms with Crippen molar-refractivity contribution >= 4 is 11.3 Å². The van der Waals surface area contributed by atoms with Crippen LogP contribution in [0.15, 0.2) is 91.3 Å². The van der Waals surface area contributed by atoms with Crippen LogP contribution in [0.25, 0.3) is 16.8 Å². The maximum absolute atomic E-state index is 6.29. The lowest BCUT2D eigenvalue weighted by atomic mass is 10.1. The SMILES string of the molecule is CC(C)/C=C\CC/C=C\Cc1nc(-c2cccc(OCc3ccccc3)c2)c2c(N)nccn12. The Bertz CT molecular complexity index is 1270. The molecule has 0 fully saturated rings. The second kappa shape index (κ2) is 11.3. The van der Waals surface area contributed by atoms with E-state index in [1.165, 1.54) is 0 Å². The first-order valence-corrected chi connectivity index (χ1v) is 11.8. The van der Waals surface area contributed by atoms with Gasteiger partial charge in [0.1, 0.15) is 35.2 Å². The lowest BCUT2D eigenvalue weighted by Crippen LogP contribution is -1.98. The Hall–Kier alpha value is -3.86. The van der Waals surface area contributed by atoms with Crippen LogP contribution in [0.1, 0.15) is 38.1 Å². The van der Waals surface area contributed by atoms with Crippen molar-refractivity contribution in [3.63, 3.8) is 0 Å². The predicted octanol–water partition coefficient (Wildman–Crippen LogP) is 6.65. The number of fused-ring (bicyclic) bond motifs is 1. The molecule has 0 saturated heterocycles. The summed E-state index contributed by atoms with van der Waals surface area (Å²) >= 11 is 0. The highest BCUT2D eigenvalue weighted by atomic mass is 16.5. The van der Waals surface area contributed by atoms with Crippen LogP contribution in [0.4, 0.5) is 5.82 Å². The summed E-state index contributed by atoms with van der Waals surface area (Å²) in [4.78, 5) is 9.27. The Kier molecular flexibility index (Phi) is 7.76. The monoisotopic (exact) mass is 452 g/mol. The highest BCUT2D eigenvalue weighted by Gasteiger charge is 2.15. The molecule has 2 N–H and O–H groups in total. The standard InChI is InChI=1S/C29H32N4O/c1-22(2)12-7-4-3-5-10-17-26-32-27(28-29(30)31-18-19-33(26)28)24-15-11-16-25(20-24)34-21-23-13-8-6-9-14-23/h5-16,18-20,22H,3-4,17,21H2,1-2H3,(H2,30,31)/b10-5-,12-7-. The maximum atomic E-state index is 6.29. The van der Waals surface area contributed by atoms with E-state index < -0.39 is 0 Å². The van der Waals surface area contributed by atoms with E-state index in [1.807, 2.05) is 53.1 Å². The average Bonchev–Trinajstić information content (AvgIpc) is 3.23. The molecule has 0 radical (unpaired) electrons. The summed E-state index contributed by atoms with van der Waals surface area (Å²) in [6.07, 6.45) is 15.3. The number of ether oxygens (including phenoxy) is 1. The lowest BCUT2D eigenvalue weighted by molar-refractivity contribution is 0.306. The largest absolute Gasteiger partial charge is 0.489 e. The van der Waals surface area contributed by atoms with E-state index in [-0.39, 0.29) is 0 Å². The third-order valence-electron chi connectivity index (χ3n) is 5.50. The first-order valence-electron chi connectivity index (χ1n) is 11.8. The predicted molar refractivity (Wildman–Crippen MR) is 140 cm³/mol. The Labute approximate surface area is 201 Å². The van der Waals surface area contributed by atoms with Crippen LogP contribution in [0.5, 0.6) is 5.75 Å². The van der Waals surface area contributed by atoms with Crippen LogP contribution in [0.3, 0.4) is 0 Å². The highest BCUT2D eigenvalue weighted by Crippen LogP contribution is 2.30. The highest BCUT2D eigenvalue weighted by molar-refractivity contribution is 5.85. The van der Waals surface area contributed by atoms with Crippen molar-refractivity contribution in [1.82, 2.24) is 14.4 Å². The summed E-state index contributed by atoms with van der Waals surface area (Å²) in [5, 5.41) is 0. The Morgan fingerprint density at radius 2 is 1.82 bits per heavy atom. The summed E-state index contributed by atoms with van der Waals surface area (Å²) in [6, 6.07) is 18.1. The molecule has 0 aliphatic heterocycles. The van der Waals surface area contributed by atoms with Gasteiger partial charge in [-0.3, -0.25) is 4.40 Å². The van der Waals surface area contributed by atoms with Gasteiger partial charge in [-0.25, -0.2) is 9.97 Å². The number of unbranched alkanes of at least 4 members (excludes halogenated alkanes) is 1. The number of rotatable bonds is 10. The van der Waals surface area contributed by atoms with Gasteiger partial charge >= 0.3 is 0 Å². The van der Waals surface area contributed by atoms with Gasteiger partial charge in [-0.15, -0.1) is 0 Å². The van der Waals surface area contributed by atoms with Crippen LogP contribution in [-0.4, -0.2) is 14.4 Å². The zero-order valence-corrected chi connectivity index (χ0v) is 19.9. The van der Waals surface area contributed by atoms with Crippen LogP contribution in [0, 0.1) is 5.92 Å². The smallest absolute Gasteiger partial charge is 0.150 e. The summed E-state index contributed by atoms with van der Waals surface area (Å²) in [7, 11) is 0. The molecule has 5 nitrogen and oxygen atoms in total. The summed E-state index contributed by atoms with van der Waals surface area (Å²) in [5.41, 5.74) is 10.0. The minimum atomic E-state index is 0.467. The van der Waals surface area contributed by atoms with Gasteiger partial charge in [0.25, 0.3) is 0 Å². The Morgan fingerprint density at radius 1 is 1.00 bits per heavy atom. The first-order chi connectivity index (χ1) is 16.6. The third-order valence-corrected chi connectivity index (χ3v) is 5.50. The topological polar surface area (TPSA) is 65.4 Å². The molecule has 174 valence electrons. The zero-order chi connectivity index (χ0) is 23.8. The first kappa shape index (κ1) is 23.3. The molecule has 0 bridgehead atoms. The van der Waals surface area contributed by atoms with Crippen molar-refractivity contribution in [1.29, 1.82) is 0 Å². The van der Waals surface area contributed by atoms with Crippen LogP contribution in [-0.2, 0) is 13.0 Å². The van der Waals surface area contributed by atoms with Crippen molar-refractivity contribution < 1.29 is 4.74 Å². The molecular weight excluding hydrogens is 420 g/mol. The molecule has 4 aromatic rings. The number of anilines is 1.